The van der Waals surface area contributed by atoms with Crippen molar-refractivity contribution in [3.05, 3.63) is 6.42 Å². The third kappa shape index (κ3) is 20.0. The lowest BCUT2D eigenvalue weighted by atomic mass is 9.99. The predicted molar refractivity (Wildman–Crippen MR) is 113 cm³/mol. The number of rotatable bonds is 20. The molecule has 1 atom stereocenters. The first-order chi connectivity index (χ1) is 11.8. The molecular weight excluding hydrogens is 288 g/mol. The number of unbranched alkanes of at least 4 members (excludes halogenated alkanes) is 17. The minimum absolute atomic E-state index is 0.825. The Hall–Kier alpha value is 0. The summed E-state index contributed by atoms with van der Waals surface area (Å²) in [6, 6.07) is 0. The lowest BCUT2D eigenvalue weighted by molar-refractivity contribution is 0.508. The van der Waals surface area contributed by atoms with E-state index in [9.17, 15) is 0 Å². The summed E-state index contributed by atoms with van der Waals surface area (Å²) >= 11 is 0. The molecule has 0 aliphatic rings. The van der Waals surface area contributed by atoms with Crippen molar-refractivity contribution in [2.75, 3.05) is 0 Å². The average molecular weight is 338 g/mol. The van der Waals surface area contributed by atoms with Gasteiger partial charge in [-0.25, -0.2) is 0 Å². The molecular formula is C24H49. The molecule has 0 aromatic carbocycles. The second kappa shape index (κ2) is 21.0. The summed E-state index contributed by atoms with van der Waals surface area (Å²) < 4.78 is 0. The molecule has 0 N–H and O–H groups in total. The quantitative estimate of drug-likeness (QED) is 0.194. The summed E-state index contributed by atoms with van der Waals surface area (Å²) in [6.45, 7) is 6.83. The lowest BCUT2D eigenvalue weighted by Gasteiger charge is -2.07. The predicted octanol–water partition coefficient (Wildman–Crippen LogP) is 9.28. The molecule has 145 valence electrons. The van der Waals surface area contributed by atoms with E-state index in [1.165, 1.54) is 122 Å². The second-order valence-electron chi connectivity index (χ2n) is 8.11. The molecule has 0 amide bonds. The molecule has 0 fully saturated rings. The highest BCUT2D eigenvalue weighted by molar-refractivity contribution is 4.65. The molecule has 0 aromatic heterocycles. The molecule has 0 saturated carbocycles. The molecule has 0 aliphatic carbocycles. The Morgan fingerprint density at radius 1 is 0.500 bits per heavy atom. The van der Waals surface area contributed by atoms with Crippen LogP contribution in [-0.2, 0) is 0 Å². The molecule has 0 saturated heterocycles. The van der Waals surface area contributed by atoms with E-state index in [1.54, 1.807) is 0 Å². The Balaban J connectivity index is 2.98. The SMILES string of the molecule is C[CH]C(C)CCCCCCCCCCCCCCCCCCCC. The van der Waals surface area contributed by atoms with Crippen molar-refractivity contribution in [2.24, 2.45) is 5.92 Å². The average Bonchev–Trinajstić information content (AvgIpc) is 2.60. The molecule has 0 bridgehead atoms. The van der Waals surface area contributed by atoms with Gasteiger partial charge < -0.3 is 0 Å². The summed E-state index contributed by atoms with van der Waals surface area (Å²) in [4.78, 5) is 0. The summed E-state index contributed by atoms with van der Waals surface area (Å²) in [5.41, 5.74) is 0. The van der Waals surface area contributed by atoms with Gasteiger partial charge in [0.2, 0.25) is 0 Å². The van der Waals surface area contributed by atoms with Crippen LogP contribution in [0.3, 0.4) is 0 Å². The van der Waals surface area contributed by atoms with E-state index in [1.807, 2.05) is 0 Å². The second-order valence-corrected chi connectivity index (χ2v) is 8.11. The Kier molecular flexibility index (Phi) is 21.0. The number of hydrogen-bond acceptors (Lipinski definition) is 0. The third-order valence-corrected chi connectivity index (χ3v) is 5.58. The van der Waals surface area contributed by atoms with Gasteiger partial charge in [-0.3, -0.25) is 0 Å². The Bertz CT molecular complexity index is 208. The van der Waals surface area contributed by atoms with Crippen LogP contribution in [0.1, 0.15) is 143 Å². The molecule has 0 nitrogen and oxygen atoms in total. The molecule has 0 aromatic rings. The van der Waals surface area contributed by atoms with Gasteiger partial charge in [-0.15, -0.1) is 0 Å². The Morgan fingerprint density at radius 2 is 0.792 bits per heavy atom. The van der Waals surface area contributed by atoms with Crippen LogP contribution in [0, 0.1) is 12.3 Å². The topological polar surface area (TPSA) is 0 Å². The molecule has 0 aliphatic heterocycles. The molecule has 0 rings (SSSR count). The zero-order valence-corrected chi connectivity index (χ0v) is 17.6. The zero-order chi connectivity index (χ0) is 17.7. The first-order valence-electron chi connectivity index (χ1n) is 11.6. The van der Waals surface area contributed by atoms with E-state index < -0.39 is 0 Å². The van der Waals surface area contributed by atoms with Crippen molar-refractivity contribution >= 4 is 0 Å². The van der Waals surface area contributed by atoms with E-state index in [2.05, 4.69) is 27.2 Å². The standard InChI is InChI=1S/C24H49/c1-4-6-7-8-9-10-11-12-13-14-15-16-17-18-19-20-21-22-23-24(3)5-2/h5,24H,4,6-23H2,1-3H3. The smallest absolute Gasteiger partial charge is 0.0389 e. The van der Waals surface area contributed by atoms with Crippen LogP contribution in [0.15, 0.2) is 0 Å². The molecule has 0 heterocycles. The monoisotopic (exact) mass is 337 g/mol. The van der Waals surface area contributed by atoms with E-state index in [0.29, 0.717) is 0 Å². The molecule has 24 heavy (non-hydrogen) atoms. The fourth-order valence-electron chi connectivity index (χ4n) is 3.53. The molecule has 0 heteroatoms. The van der Waals surface area contributed by atoms with Gasteiger partial charge in [-0.2, -0.15) is 0 Å². The first-order valence-corrected chi connectivity index (χ1v) is 11.6. The normalized spacial score (nSPS) is 12.6. The third-order valence-electron chi connectivity index (χ3n) is 5.58. The van der Waals surface area contributed by atoms with Gasteiger partial charge in [-0.05, 0) is 12.3 Å². The number of hydrogen-bond donors (Lipinski definition) is 0. The first kappa shape index (κ1) is 24.0. The van der Waals surface area contributed by atoms with Crippen molar-refractivity contribution in [3.8, 4) is 0 Å². The Morgan fingerprint density at radius 3 is 1.08 bits per heavy atom. The van der Waals surface area contributed by atoms with E-state index >= 15 is 0 Å². The summed E-state index contributed by atoms with van der Waals surface area (Å²) in [5, 5.41) is 0. The Labute approximate surface area is 155 Å². The summed E-state index contributed by atoms with van der Waals surface area (Å²) in [6.07, 6.45) is 30.2. The van der Waals surface area contributed by atoms with Gasteiger partial charge in [0.25, 0.3) is 0 Å². The van der Waals surface area contributed by atoms with Crippen molar-refractivity contribution in [3.63, 3.8) is 0 Å². The lowest BCUT2D eigenvalue weighted by Crippen LogP contribution is -1.92. The van der Waals surface area contributed by atoms with E-state index in [0.717, 1.165) is 5.92 Å². The minimum atomic E-state index is 0.825. The van der Waals surface area contributed by atoms with Crippen molar-refractivity contribution in [2.45, 2.75) is 143 Å². The van der Waals surface area contributed by atoms with Crippen LogP contribution in [0.2, 0.25) is 0 Å². The van der Waals surface area contributed by atoms with Gasteiger partial charge in [0.1, 0.15) is 0 Å². The van der Waals surface area contributed by atoms with Crippen LogP contribution < -0.4 is 0 Å². The van der Waals surface area contributed by atoms with Crippen molar-refractivity contribution in [1.82, 2.24) is 0 Å². The minimum Gasteiger partial charge on any atom is -0.0654 e. The van der Waals surface area contributed by atoms with Gasteiger partial charge in [0, 0.05) is 0 Å². The summed E-state index contributed by atoms with van der Waals surface area (Å²) in [7, 11) is 0. The van der Waals surface area contributed by atoms with Gasteiger partial charge >= 0.3 is 0 Å². The zero-order valence-electron chi connectivity index (χ0n) is 17.6. The maximum Gasteiger partial charge on any atom is -0.0389 e. The fraction of sp³-hybridized carbons (Fsp3) is 0.958. The van der Waals surface area contributed by atoms with Crippen LogP contribution in [0.25, 0.3) is 0 Å². The van der Waals surface area contributed by atoms with Crippen molar-refractivity contribution in [1.29, 1.82) is 0 Å². The molecule has 1 unspecified atom stereocenters. The fourth-order valence-corrected chi connectivity index (χ4v) is 3.53. The highest BCUT2D eigenvalue weighted by atomic mass is 14.0. The van der Waals surface area contributed by atoms with Gasteiger partial charge in [0.15, 0.2) is 0 Å². The largest absolute Gasteiger partial charge is 0.0654 e. The maximum atomic E-state index is 2.34. The highest BCUT2D eigenvalue weighted by Gasteiger charge is 1.98. The van der Waals surface area contributed by atoms with E-state index in [-0.39, 0.29) is 0 Å². The summed E-state index contributed by atoms with van der Waals surface area (Å²) in [5.74, 6) is 0.825. The van der Waals surface area contributed by atoms with Crippen LogP contribution >= 0.6 is 0 Å². The van der Waals surface area contributed by atoms with E-state index in [4.69, 9.17) is 0 Å². The van der Waals surface area contributed by atoms with Gasteiger partial charge in [-0.1, -0.05) is 143 Å². The highest BCUT2D eigenvalue weighted by Crippen LogP contribution is 2.16. The van der Waals surface area contributed by atoms with Gasteiger partial charge in [0.05, 0.1) is 0 Å². The molecule has 1 radical (unpaired) electrons. The van der Waals surface area contributed by atoms with Crippen molar-refractivity contribution < 1.29 is 0 Å². The maximum absolute atomic E-state index is 2.34. The van der Waals surface area contributed by atoms with Crippen LogP contribution in [-0.4, -0.2) is 0 Å². The van der Waals surface area contributed by atoms with Crippen LogP contribution in [0.5, 0.6) is 0 Å². The van der Waals surface area contributed by atoms with Crippen LogP contribution in [0.4, 0.5) is 0 Å². The molecule has 0 spiro atoms.